The maximum Gasteiger partial charge on any atom is 0.307 e. The van der Waals surface area contributed by atoms with Gasteiger partial charge in [-0.15, -0.1) is 0 Å². The van der Waals surface area contributed by atoms with E-state index in [1.165, 1.54) is 7.11 Å². The first-order chi connectivity index (χ1) is 12.8. The summed E-state index contributed by atoms with van der Waals surface area (Å²) in [5.74, 6) is -0.867. The molecule has 2 atom stereocenters. The summed E-state index contributed by atoms with van der Waals surface area (Å²) in [5.41, 5.74) is 0.110. The van der Waals surface area contributed by atoms with Crippen molar-refractivity contribution in [3.05, 3.63) is 24.1 Å². The maximum atomic E-state index is 12.2. The van der Waals surface area contributed by atoms with Crippen LogP contribution in [0.1, 0.15) is 19.7 Å². The van der Waals surface area contributed by atoms with Gasteiger partial charge in [0, 0.05) is 5.56 Å². The Balaban J connectivity index is 1.65. The fourth-order valence-corrected chi connectivity index (χ4v) is 3.28. The van der Waals surface area contributed by atoms with Crippen molar-refractivity contribution < 1.29 is 28.7 Å². The van der Waals surface area contributed by atoms with Crippen molar-refractivity contribution in [2.75, 3.05) is 14.2 Å². The fraction of sp³-hybridized carbons (Fsp3) is 0.444. The molecule has 9 nitrogen and oxygen atoms in total. The van der Waals surface area contributed by atoms with Crippen LogP contribution in [0, 0.1) is 17.3 Å². The minimum absolute atomic E-state index is 0.0258. The van der Waals surface area contributed by atoms with E-state index < -0.39 is 23.2 Å². The third-order valence-corrected chi connectivity index (χ3v) is 4.90. The van der Waals surface area contributed by atoms with Crippen LogP contribution >= 0.6 is 0 Å². The number of carboxylic acids is 1. The van der Waals surface area contributed by atoms with Crippen molar-refractivity contribution >= 4 is 11.9 Å². The number of aliphatic carboxylic acids is 1. The number of aromatic nitrogens is 2. The molecule has 0 unspecified atom stereocenters. The number of nitrogens with zero attached hydrogens (tertiary/aromatic N) is 2. The van der Waals surface area contributed by atoms with E-state index in [2.05, 4.69) is 15.5 Å². The predicted molar refractivity (Wildman–Crippen MR) is 93.1 cm³/mol. The number of methoxy groups -OCH3 is 2. The number of carboxylic acid groups (broad SMARTS) is 1. The summed E-state index contributed by atoms with van der Waals surface area (Å²) in [6, 6.07) is 5.21. The number of carbonyl (C=O) groups excluding carboxylic acids is 1. The van der Waals surface area contributed by atoms with Crippen molar-refractivity contribution in [1.82, 2.24) is 15.5 Å². The highest BCUT2D eigenvalue weighted by Gasteiger charge is 2.65. The van der Waals surface area contributed by atoms with Crippen molar-refractivity contribution in [2.24, 2.45) is 17.3 Å². The fourth-order valence-electron chi connectivity index (χ4n) is 3.28. The van der Waals surface area contributed by atoms with E-state index in [0.717, 1.165) is 0 Å². The average molecular weight is 375 g/mol. The summed E-state index contributed by atoms with van der Waals surface area (Å²) >= 11 is 0. The Morgan fingerprint density at radius 2 is 1.93 bits per heavy atom. The van der Waals surface area contributed by atoms with Crippen molar-refractivity contribution in [2.45, 2.75) is 20.4 Å². The molecule has 1 amide bonds. The van der Waals surface area contributed by atoms with Gasteiger partial charge in [0.1, 0.15) is 0 Å². The van der Waals surface area contributed by atoms with Gasteiger partial charge in [-0.25, -0.2) is 0 Å². The van der Waals surface area contributed by atoms with Crippen molar-refractivity contribution in [1.29, 1.82) is 0 Å². The van der Waals surface area contributed by atoms with Crippen LogP contribution in [0.3, 0.4) is 0 Å². The highest BCUT2D eigenvalue weighted by molar-refractivity contribution is 5.91. The van der Waals surface area contributed by atoms with Gasteiger partial charge < -0.3 is 24.4 Å². The van der Waals surface area contributed by atoms with Crippen LogP contribution in [-0.4, -0.2) is 41.3 Å². The Kier molecular flexibility index (Phi) is 4.77. The molecule has 0 bridgehead atoms. The highest BCUT2D eigenvalue weighted by Crippen LogP contribution is 2.58. The second kappa shape index (κ2) is 6.90. The molecular weight excluding hydrogens is 354 g/mol. The lowest BCUT2D eigenvalue weighted by atomic mass is 10.1. The Morgan fingerprint density at radius 1 is 1.22 bits per heavy atom. The first-order valence-corrected chi connectivity index (χ1v) is 8.35. The van der Waals surface area contributed by atoms with Gasteiger partial charge in [0.15, 0.2) is 11.5 Å². The molecule has 1 aliphatic carbocycles. The van der Waals surface area contributed by atoms with Crippen LogP contribution in [0.25, 0.3) is 11.4 Å². The van der Waals surface area contributed by atoms with Crippen LogP contribution in [0.15, 0.2) is 22.7 Å². The van der Waals surface area contributed by atoms with E-state index in [4.69, 9.17) is 19.1 Å². The zero-order chi connectivity index (χ0) is 19.8. The second-order valence-electron chi connectivity index (χ2n) is 6.91. The zero-order valence-electron chi connectivity index (χ0n) is 15.5. The number of nitrogens with one attached hydrogen (secondary N) is 1. The molecule has 1 fully saturated rings. The lowest BCUT2D eigenvalue weighted by Crippen LogP contribution is -2.27. The van der Waals surface area contributed by atoms with E-state index in [1.807, 2.05) is 0 Å². The largest absolute Gasteiger partial charge is 0.493 e. The topological polar surface area (TPSA) is 124 Å². The minimum Gasteiger partial charge on any atom is -0.493 e. The maximum absolute atomic E-state index is 12.2. The van der Waals surface area contributed by atoms with E-state index >= 15 is 0 Å². The van der Waals surface area contributed by atoms with Crippen LogP contribution < -0.4 is 14.8 Å². The molecule has 1 aliphatic rings. The average Bonchev–Trinajstić information content (AvgIpc) is 2.99. The Bertz CT molecular complexity index is 876. The monoisotopic (exact) mass is 375 g/mol. The molecule has 27 heavy (non-hydrogen) atoms. The summed E-state index contributed by atoms with van der Waals surface area (Å²) in [7, 11) is 3.07. The molecule has 3 rings (SSSR count). The number of hydrogen-bond acceptors (Lipinski definition) is 7. The SMILES string of the molecule is COc1ccc(-c2noc(CNC(=O)[C@@H]3[C@@H](C(=O)O)C3(C)C)n2)cc1OC. The lowest BCUT2D eigenvalue weighted by molar-refractivity contribution is -0.140. The van der Waals surface area contributed by atoms with Gasteiger partial charge in [-0.3, -0.25) is 9.59 Å². The summed E-state index contributed by atoms with van der Waals surface area (Å²) < 4.78 is 15.6. The number of benzene rings is 1. The Morgan fingerprint density at radius 3 is 2.52 bits per heavy atom. The van der Waals surface area contributed by atoms with Gasteiger partial charge in [0.2, 0.25) is 17.6 Å². The Hall–Kier alpha value is -3.10. The molecule has 1 heterocycles. The third kappa shape index (κ3) is 3.44. The molecule has 144 valence electrons. The molecule has 0 saturated heterocycles. The van der Waals surface area contributed by atoms with E-state index in [1.54, 1.807) is 39.2 Å². The van der Waals surface area contributed by atoms with Gasteiger partial charge in [0.05, 0.1) is 32.6 Å². The van der Waals surface area contributed by atoms with Gasteiger partial charge >= 0.3 is 5.97 Å². The zero-order valence-corrected chi connectivity index (χ0v) is 15.5. The first-order valence-electron chi connectivity index (χ1n) is 8.35. The summed E-state index contributed by atoms with van der Waals surface area (Å²) in [4.78, 5) is 27.7. The minimum atomic E-state index is -0.964. The molecule has 1 aromatic carbocycles. The van der Waals surface area contributed by atoms with E-state index in [9.17, 15) is 9.59 Å². The van der Waals surface area contributed by atoms with Crippen LogP contribution in [0.4, 0.5) is 0 Å². The summed E-state index contributed by atoms with van der Waals surface area (Å²) in [6.07, 6.45) is 0. The molecule has 0 radical (unpaired) electrons. The first kappa shape index (κ1) is 18.7. The lowest BCUT2D eigenvalue weighted by Gasteiger charge is -2.07. The predicted octanol–water partition coefficient (Wildman–Crippen LogP) is 1.73. The quantitative estimate of drug-likeness (QED) is 0.750. The summed E-state index contributed by atoms with van der Waals surface area (Å²) in [6.45, 7) is 3.55. The van der Waals surface area contributed by atoms with Gasteiger partial charge in [-0.1, -0.05) is 19.0 Å². The van der Waals surface area contributed by atoms with Crippen molar-refractivity contribution in [3.63, 3.8) is 0 Å². The molecule has 1 aromatic heterocycles. The van der Waals surface area contributed by atoms with Gasteiger partial charge in [-0.05, 0) is 23.6 Å². The third-order valence-electron chi connectivity index (χ3n) is 4.90. The molecule has 0 aliphatic heterocycles. The number of rotatable bonds is 7. The molecule has 2 aromatic rings. The second-order valence-corrected chi connectivity index (χ2v) is 6.91. The highest BCUT2D eigenvalue weighted by atomic mass is 16.5. The van der Waals surface area contributed by atoms with E-state index in [-0.39, 0.29) is 18.3 Å². The van der Waals surface area contributed by atoms with E-state index in [0.29, 0.717) is 22.9 Å². The number of ether oxygens (including phenoxy) is 2. The van der Waals surface area contributed by atoms with Crippen LogP contribution in [0.2, 0.25) is 0 Å². The summed E-state index contributed by atoms with van der Waals surface area (Å²) in [5, 5.41) is 15.7. The van der Waals surface area contributed by atoms with Crippen LogP contribution in [-0.2, 0) is 16.1 Å². The molecular formula is C18H21N3O6. The molecule has 1 saturated carbocycles. The molecule has 0 spiro atoms. The number of hydrogen-bond donors (Lipinski definition) is 2. The standard InChI is InChI=1S/C18H21N3O6/c1-18(2)13(14(18)17(23)24)16(22)19-8-12-20-15(21-27-12)9-5-6-10(25-3)11(7-9)26-4/h5-7,13-14H,8H2,1-4H3,(H,19,22)(H,23,24)/t13-,14-/m0/s1. The normalized spacial score (nSPS) is 20.0. The van der Waals surface area contributed by atoms with Gasteiger partial charge in [-0.2, -0.15) is 4.98 Å². The van der Waals surface area contributed by atoms with Crippen LogP contribution in [0.5, 0.6) is 11.5 Å². The molecule has 9 heteroatoms. The van der Waals surface area contributed by atoms with Crippen molar-refractivity contribution in [3.8, 4) is 22.9 Å². The Labute approximate surface area is 155 Å². The molecule has 2 N–H and O–H groups in total. The number of carbonyl (C=O) groups is 2. The number of amides is 1. The smallest absolute Gasteiger partial charge is 0.307 e. The van der Waals surface area contributed by atoms with Gasteiger partial charge in [0.25, 0.3) is 0 Å².